The molecular weight excluding hydrogens is 450 g/mol. The molecule has 0 atom stereocenters. The number of methoxy groups -OCH3 is 1. The molecule has 9 heteroatoms. The Kier molecular flexibility index (Phi) is 6.86. The molecule has 1 aromatic carbocycles. The number of benzene rings is 1. The van der Waals surface area contributed by atoms with Crippen LogP contribution in [-0.4, -0.2) is 52.3 Å². The van der Waals surface area contributed by atoms with Crippen LogP contribution in [0.4, 0.5) is 20.4 Å². The Morgan fingerprint density at radius 3 is 2.29 bits per heavy atom. The van der Waals surface area contributed by atoms with E-state index in [0.717, 1.165) is 75.4 Å². The molecular formula is C26H30F2N6O. The summed E-state index contributed by atoms with van der Waals surface area (Å²) in [5.41, 5.74) is 1.80. The molecule has 0 amide bonds. The molecule has 3 aromatic rings. The van der Waals surface area contributed by atoms with Crippen LogP contribution in [0.25, 0.3) is 23.2 Å². The van der Waals surface area contributed by atoms with E-state index >= 15 is 0 Å². The zero-order valence-electron chi connectivity index (χ0n) is 20.1. The second kappa shape index (κ2) is 10.2. The second-order valence-corrected chi connectivity index (χ2v) is 9.30. The zero-order valence-corrected chi connectivity index (χ0v) is 20.1. The maximum atomic E-state index is 13.7. The van der Waals surface area contributed by atoms with Gasteiger partial charge >= 0.3 is 0 Å². The predicted octanol–water partition coefficient (Wildman–Crippen LogP) is 5.15. The van der Waals surface area contributed by atoms with Crippen molar-refractivity contribution in [1.29, 1.82) is 0 Å². The van der Waals surface area contributed by atoms with Crippen LogP contribution in [0.2, 0.25) is 0 Å². The minimum atomic E-state index is -0.942. The van der Waals surface area contributed by atoms with E-state index in [2.05, 4.69) is 20.2 Å². The minimum Gasteiger partial charge on any atom is -0.381 e. The fourth-order valence-corrected chi connectivity index (χ4v) is 4.83. The van der Waals surface area contributed by atoms with Gasteiger partial charge < -0.3 is 15.0 Å². The van der Waals surface area contributed by atoms with Crippen LogP contribution in [0.15, 0.2) is 18.2 Å². The highest BCUT2D eigenvalue weighted by atomic mass is 19.2. The van der Waals surface area contributed by atoms with Gasteiger partial charge in [0.2, 0.25) is 0 Å². The molecule has 0 unspecified atom stereocenters. The van der Waals surface area contributed by atoms with Crippen LogP contribution < -0.4 is 10.2 Å². The number of ether oxygens (including phenoxy) is 1. The average molecular weight is 481 g/mol. The highest BCUT2D eigenvalue weighted by Gasteiger charge is 2.22. The molecule has 1 aliphatic heterocycles. The minimum absolute atomic E-state index is 0.301. The summed E-state index contributed by atoms with van der Waals surface area (Å²) in [6.45, 7) is 3.75. The molecule has 1 N–H and O–H groups in total. The third-order valence-electron chi connectivity index (χ3n) is 6.83. The lowest BCUT2D eigenvalue weighted by Crippen LogP contribution is -2.30. The van der Waals surface area contributed by atoms with Gasteiger partial charge in [-0.1, -0.05) is 0 Å². The van der Waals surface area contributed by atoms with Gasteiger partial charge in [-0.05, 0) is 57.6 Å². The summed E-state index contributed by atoms with van der Waals surface area (Å²) < 4.78 is 32.8. The summed E-state index contributed by atoms with van der Waals surface area (Å²) in [6, 6.07) is 4.52. The number of rotatable bonds is 6. The van der Waals surface area contributed by atoms with Crippen molar-refractivity contribution >= 4 is 34.8 Å². The standard InChI is InChI=1S/C26H30F2N6O/c1-16-21(31-23-14-20(28)19(27)13-22(23)29-16)9-10-24-32-25(15-26(33-24)34-11-3-4-12-34)30-17-5-7-18(35-2)8-6-17/h9-10,13-15,17-18H,3-8,11-12H2,1-2H3,(H,30,32,33)/b10-9+. The van der Waals surface area contributed by atoms with Gasteiger partial charge in [0.15, 0.2) is 17.5 Å². The fourth-order valence-electron chi connectivity index (χ4n) is 4.83. The first kappa shape index (κ1) is 23.5. The second-order valence-electron chi connectivity index (χ2n) is 9.30. The average Bonchev–Trinajstić information content (AvgIpc) is 3.40. The van der Waals surface area contributed by atoms with Crippen LogP contribution in [-0.2, 0) is 4.74 Å². The van der Waals surface area contributed by atoms with Crippen molar-refractivity contribution < 1.29 is 13.5 Å². The molecule has 184 valence electrons. The highest BCUT2D eigenvalue weighted by Crippen LogP contribution is 2.26. The lowest BCUT2D eigenvalue weighted by atomic mass is 9.93. The Hall–Kier alpha value is -3.20. The molecule has 35 heavy (non-hydrogen) atoms. The van der Waals surface area contributed by atoms with Gasteiger partial charge in [0.05, 0.1) is 28.5 Å². The van der Waals surface area contributed by atoms with E-state index in [4.69, 9.17) is 14.7 Å². The van der Waals surface area contributed by atoms with E-state index in [1.54, 1.807) is 26.2 Å². The van der Waals surface area contributed by atoms with Crippen molar-refractivity contribution in [1.82, 2.24) is 19.9 Å². The van der Waals surface area contributed by atoms with Crippen molar-refractivity contribution in [3.8, 4) is 0 Å². The van der Waals surface area contributed by atoms with Crippen LogP contribution in [0.1, 0.15) is 55.7 Å². The fraction of sp³-hybridized carbons (Fsp3) is 0.462. The van der Waals surface area contributed by atoms with E-state index in [1.165, 1.54) is 0 Å². The number of aromatic nitrogens is 4. The number of aryl methyl sites for hydroxylation is 1. The number of nitrogens with one attached hydrogen (secondary N) is 1. The molecule has 0 spiro atoms. The maximum absolute atomic E-state index is 13.7. The van der Waals surface area contributed by atoms with Crippen molar-refractivity contribution in [3.63, 3.8) is 0 Å². The molecule has 2 aliphatic rings. The Balaban J connectivity index is 1.42. The number of fused-ring (bicyclic) bond motifs is 1. The lowest BCUT2D eigenvalue weighted by Gasteiger charge is -2.29. The predicted molar refractivity (Wildman–Crippen MR) is 133 cm³/mol. The molecule has 1 saturated carbocycles. The largest absolute Gasteiger partial charge is 0.381 e. The van der Waals surface area contributed by atoms with E-state index in [-0.39, 0.29) is 0 Å². The third-order valence-corrected chi connectivity index (χ3v) is 6.83. The normalized spacial score (nSPS) is 20.7. The summed E-state index contributed by atoms with van der Waals surface area (Å²) in [5, 5.41) is 3.60. The molecule has 2 fully saturated rings. The smallest absolute Gasteiger partial charge is 0.161 e. The van der Waals surface area contributed by atoms with Gasteiger partial charge in [-0.15, -0.1) is 0 Å². The van der Waals surface area contributed by atoms with E-state index in [9.17, 15) is 8.78 Å². The van der Waals surface area contributed by atoms with Gasteiger partial charge in [-0.25, -0.2) is 28.7 Å². The first-order valence-corrected chi connectivity index (χ1v) is 12.2. The summed E-state index contributed by atoms with van der Waals surface area (Å²) in [7, 11) is 1.78. The van der Waals surface area contributed by atoms with Gasteiger partial charge in [0.25, 0.3) is 0 Å². The van der Waals surface area contributed by atoms with Crippen molar-refractivity contribution in [2.24, 2.45) is 0 Å². The summed E-state index contributed by atoms with van der Waals surface area (Å²) in [5.74, 6) is 0.402. The Morgan fingerprint density at radius 1 is 0.914 bits per heavy atom. The number of halogens is 2. The van der Waals surface area contributed by atoms with Gasteiger partial charge in [0, 0.05) is 44.4 Å². The third kappa shape index (κ3) is 5.40. The maximum Gasteiger partial charge on any atom is 0.161 e. The van der Waals surface area contributed by atoms with Crippen molar-refractivity contribution in [3.05, 3.63) is 47.0 Å². The van der Waals surface area contributed by atoms with Gasteiger partial charge in [0.1, 0.15) is 11.6 Å². The molecule has 0 bridgehead atoms. The first-order chi connectivity index (χ1) is 17.0. The SMILES string of the molecule is COC1CCC(Nc2cc(N3CCCC3)nc(/C=C/c3nc4cc(F)c(F)cc4nc3C)n2)CC1. The quantitative estimate of drug-likeness (QED) is 0.523. The van der Waals surface area contributed by atoms with Crippen LogP contribution in [0.5, 0.6) is 0 Å². The Labute approximate surface area is 203 Å². The highest BCUT2D eigenvalue weighted by molar-refractivity contribution is 5.77. The number of hydrogen-bond acceptors (Lipinski definition) is 7. The molecule has 0 radical (unpaired) electrons. The lowest BCUT2D eigenvalue weighted by molar-refractivity contribution is 0.0681. The molecule has 1 saturated heterocycles. The van der Waals surface area contributed by atoms with Crippen LogP contribution in [0, 0.1) is 18.6 Å². The molecule has 2 aromatic heterocycles. The van der Waals surface area contributed by atoms with E-state index in [1.807, 2.05) is 6.07 Å². The summed E-state index contributed by atoms with van der Waals surface area (Å²) in [6.07, 6.45) is 10.4. The molecule has 1 aliphatic carbocycles. The molecule has 5 rings (SSSR count). The summed E-state index contributed by atoms with van der Waals surface area (Å²) >= 11 is 0. The van der Waals surface area contributed by atoms with Crippen molar-refractivity contribution in [2.75, 3.05) is 30.4 Å². The van der Waals surface area contributed by atoms with Gasteiger partial charge in [-0.2, -0.15) is 0 Å². The van der Waals surface area contributed by atoms with Gasteiger partial charge in [-0.3, -0.25) is 0 Å². The topological polar surface area (TPSA) is 76.1 Å². The number of nitrogens with zero attached hydrogens (tertiary/aromatic N) is 5. The first-order valence-electron chi connectivity index (χ1n) is 12.2. The molecule has 7 nitrogen and oxygen atoms in total. The Morgan fingerprint density at radius 2 is 1.60 bits per heavy atom. The van der Waals surface area contributed by atoms with Crippen LogP contribution in [0.3, 0.4) is 0 Å². The number of anilines is 2. The Bertz CT molecular complexity index is 1240. The zero-order chi connectivity index (χ0) is 24.4. The van der Waals surface area contributed by atoms with Crippen LogP contribution >= 0.6 is 0 Å². The summed E-state index contributed by atoms with van der Waals surface area (Å²) in [4.78, 5) is 20.7. The van der Waals surface area contributed by atoms with E-state index in [0.29, 0.717) is 40.4 Å². The molecule has 3 heterocycles. The number of hydrogen-bond donors (Lipinski definition) is 1. The van der Waals surface area contributed by atoms with E-state index < -0.39 is 11.6 Å². The van der Waals surface area contributed by atoms with Crippen molar-refractivity contribution in [2.45, 2.75) is 57.6 Å². The monoisotopic (exact) mass is 480 g/mol.